The third kappa shape index (κ3) is 3.36. The van der Waals surface area contributed by atoms with Crippen LogP contribution in [0, 0.1) is 5.92 Å². The monoisotopic (exact) mass is 273 g/mol. The number of benzene rings is 1. The van der Waals surface area contributed by atoms with Crippen molar-refractivity contribution in [2.45, 2.75) is 33.5 Å². The van der Waals surface area contributed by atoms with Crippen molar-refractivity contribution in [2.75, 3.05) is 11.9 Å². The third-order valence-corrected chi connectivity index (χ3v) is 3.24. The molecule has 1 heterocycles. The van der Waals surface area contributed by atoms with Crippen LogP contribution in [0.5, 0.6) is 0 Å². The highest BCUT2D eigenvalue weighted by molar-refractivity contribution is 5.52. The molecule has 0 atom stereocenters. The smallest absolute Gasteiger partial charge is 0.146 e. The number of aromatic nitrogens is 3. The molecule has 108 valence electrons. The number of hydrogen-bond acceptors (Lipinski definition) is 4. The number of nitrogens with two attached hydrogens (primary N) is 1. The number of hydrogen-bond donors (Lipinski definition) is 1. The lowest BCUT2D eigenvalue weighted by molar-refractivity contribution is 0.465. The van der Waals surface area contributed by atoms with E-state index in [0.29, 0.717) is 12.5 Å². The van der Waals surface area contributed by atoms with Crippen molar-refractivity contribution < 1.29 is 0 Å². The van der Waals surface area contributed by atoms with Gasteiger partial charge in [0, 0.05) is 25.8 Å². The average Bonchev–Trinajstić information content (AvgIpc) is 2.85. The van der Waals surface area contributed by atoms with Crippen LogP contribution >= 0.6 is 0 Å². The van der Waals surface area contributed by atoms with Gasteiger partial charge in [0.15, 0.2) is 0 Å². The number of para-hydroxylation sites is 1. The molecule has 20 heavy (non-hydrogen) atoms. The van der Waals surface area contributed by atoms with Crippen LogP contribution in [0.15, 0.2) is 30.6 Å². The van der Waals surface area contributed by atoms with E-state index in [9.17, 15) is 0 Å². The Morgan fingerprint density at radius 1 is 1.30 bits per heavy atom. The zero-order valence-electron chi connectivity index (χ0n) is 12.5. The molecule has 0 aliphatic heterocycles. The van der Waals surface area contributed by atoms with Crippen LogP contribution in [-0.4, -0.2) is 21.8 Å². The van der Waals surface area contributed by atoms with E-state index < -0.39 is 0 Å². The molecular formula is C15H23N5. The van der Waals surface area contributed by atoms with Gasteiger partial charge in [-0.1, -0.05) is 32.0 Å². The predicted molar refractivity (Wildman–Crippen MR) is 81.3 cm³/mol. The first kappa shape index (κ1) is 14.5. The van der Waals surface area contributed by atoms with Gasteiger partial charge in [-0.15, -0.1) is 0 Å². The van der Waals surface area contributed by atoms with Crippen LogP contribution < -0.4 is 10.6 Å². The first-order chi connectivity index (χ1) is 9.61. The summed E-state index contributed by atoms with van der Waals surface area (Å²) in [5, 5.41) is 4.30. The topological polar surface area (TPSA) is 60.0 Å². The minimum absolute atomic E-state index is 0.541. The largest absolute Gasteiger partial charge is 0.367 e. The third-order valence-electron chi connectivity index (χ3n) is 3.24. The fraction of sp³-hybridized carbons (Fsp3) is 0.467. The second-order valence-electron chi connectivity index (χ2n) is 5.44. The summed E-state index contributed by atoms with van der Waals surface area (Å²) in [6.45, 7) is 6.52. The molecule has 1 aromatic heterocycles. The van der Waals surface area contributed by atoms with Crippen LogP contribution in [0.3, 0.4) is 0 Å². The fourth-order valence-corrected chi connectivity index (χ4v) is 2.26. The van der Waals surface area contributed by atoms with Gasteiger partial charge in [0.25, 0.3) is 0 Å². The van der Waals surface area contributed by atoms with Gasteiger partial charge in [-0.25, -0.2) is 9.67 Å². The van der Waals surface area contributed by atoms with Crippen LogP contribution in [0.25, 0.3) is 0 Å². The standard InChI is InChI=1S/C15H23N5/c1-12(2)9-20-15(17-11-18-20)10-19(3)14-7-5-4-6-13(14)8-16/h4-7,11-12H,8-10,16H2,1-3H3. The first-order valence-electron chi connectivity index (χ1n) is 6.97. The number of anilines is 1. The maximum Gasteiger partial charge on any atom is 0.146 e. The Hall–Kier alpha value is -1.88. The van der Waals surface area contributed by atoms with E-state index in [0.717, 1.165) is 30.2 Å². The summed E-state index contributed by atoms with van der Waals surface area (Å²) in [6, 6.07) is 8.20. The van der Waals surface area contributed by atoms with Crippen molar-refractivity contribution in [3.63, 3.8) is 0 Å². The van der Waals surface area contributed by atoms with Gasteiger partial charge < -0.3 is 10.6 Å². The van der Waals surface area contributed by atoms with E-state index in [-0.39, 0.29) is 0 Å². The molecule has 0 aliphatic carbocycles. The van der Waals surface area contributed by atoms with Crippen LogP contribution in [-0.2, 0) is 19.6 Å². The summed E-state index contributed by atoms with van der Waals surface area (Å²) in [6.07, 6.45) is 1.63. The highest BCUT2D eigenvalue weighted by atomic mass is 15.3. The summed E-state index contributed by atoms with van der Waals surface area (Å²) < 4.78 is 1.98. The molecule has 0 saturated carbocycles. The number of rotatable bonds is 6. The lowest BCUT2D eigenvalue weighted by atomic mass is 10.1. The molecule has 2 N–H and O–H groups in total. The minimum Gasteiger partial charge on any atom is -0.367 e. The van der Waals surface area contributed by atoms with Gasteiger partial charge in [0.1, 0.15) is 12.2 Å². The molecule has 0 unspecified atom stereocenters. The van der Waals surface area contributed by atoms with E-state index in [2.05, 4.69) is 48.0 Å². The Morgan fingerprint density at radius 3 is 2.75 bits per heavy atom. The second-order valence-corrected chi connectivity index (χ2v) is 5.44. The van der Waals surface area contributed by atoms with Crippen molar-refractivity contribution >= 4 is 5.69 Å². The van der Waals surface area contributed by atoms with Gasteiger partial charge in [-0.3, -0.25) is 0 Å². The van der Waals surface area contributed by atoms with E-state index in [1.54, 1.807) is 6.33 Å². The highest BCUT2D eigenvalue weighted by Gasteiger charge is 2.11. The van der Waals surface area contributed by atoms with Crippen molar-refractivity contribution in [1.29, 1.82) is 0 Å². The zero-order valence-corrected chi connectivity index (χ0v) is 12.5. The van der Waals surface area contributed by atoms with Gasteiger partial charge >= 0.3 is 0 Å². The predicted octanol–water partition coefficient (Wildman–Crippen LogP) is 2.03. The van der Waals surface area contributed by atoms with E-state index >= 15 is 0 Å². The molecule has 0 spiro atoms. The maximum atomic E-state index is 5.80. The Morgan fingerprint density at radius 2 is 2.05 bits per heavy atom. The molecule has 0 aliphatic rings. The van der Waals surface area contributed by atoms with Gasteiger partial charge in [-0.05, 0) is 17.5 Å². The molecule has 1 aromatic carbocycles. The molecule has 2 rings (SSSR count). The Bertz CT molecular complexity index is 547. The summed E-state index contributed by atoms with van der Waals surface area (Å²) >= 11 is 0. The van der Waals surface area contributed by atoms with Crippen LogP contribution in [0.2, 0.25) is 0 Å². The summed E-state index contributed by atoms with van der Waals surface area (Å²) in [5.41, 5.74) is 8.09. The van der Waals surface area contributed by atoms with E-state index in [4.69, 9.17) is 5.73 Å². The molecule has 0 bridgehead atoms. The highest BCUT2D eigenvalue weighted by Crippen LogP contribution is 2.20. The fourth-order valence-electron chi connectivity index (χ4n) is 2.26. The summed E-state index contributed by atoms with van der Waals surface area (Å²) in [5.74, 6) is 1.53. The molecule has 5 heteroatoms. The Labute approximate surface area is 120 Å². The molecular weight excluding hydrogens is 250 g/mol. The van der Waals surface area contributed by atoms with Crippen molar-refractivity contribution in [2.24, 2.45) is 11.7 Å². The van der Waals surface area contributed by atoms with Gasteiger partial charge in [-0.2, -0.15) is 5.10 Å². The maximum absolute atomic E-state index is 5.80. The quantitative estimate of drug-likeness (QED) is 0.875. The number of nitrogens with zero attached hydrogens (tertiary/aromatic N) is 4. The van der Waals surface area contributed by atoms with E-state index in [1.807, 2.05) is 16.8 Å². The molecule has 5 nitrogen and oxygen atoms in total. The Balaban J connectivity index is 2.15. The minimum atomic E-state index is 0.541. The zero-order chi connectivity index (χ0) is 14.5. The van der Waals surface area contributed by atoms with E-state index in [1.165, 1.54) is 0 Å². The molecule has 0 radical (unpaired) electrons. The first-order valence-corrected chi connectivity index (χ1v) is 6.97. The van der Waals surface area contributed by atoms with Crippen molar-refractivity contribution in [3.05, 3.63) is 42.0 Å². The SMILES string of the molecule is CC(C)Cn1ncnc1CN(C)c1ccccc1CN. The summed E-state index contributed by atoms with van der Waals surface area (Å²) in [7, 11) is 2.06. The Kier molecular flexibility index (Phi) is 4.74. The summed E-state index contributed by atoms with van der Waals surface area (Å²) in [4.78, 5) is 6.54. The lowest BCUT2D eigenvalue weighted by Crippen LogP contribution is -2.22. The average molecular weight is 273 g/mol. The van der Waals surface area contributed by atoms with Crippen molar-refractivity contribution in [3.8, 4) is 0 Å². The molecule has 0 saturated heterocycles. The van der Waals surface area contributed by atoms with Gasteiger partial charge in [0.2, 0.25) is 0 Å². The lowest BCUT2D eigenvalue weighted by Gasteiger charge is -2.22. The normalized spacial score (nSPS) is 11.1. The second kappa shape index (κ2) is 6.52. The molecule has 0 fully saturated rings. The van der Waals surface area contributed by atoms with Crippen LogP contribution in [0.4, 0.5) is 5.69 Å². The van der Waals surface area contributed by atoms with Crippen LogP contribution in [0.1, 0.15) is 25.2 Å². The molecule has 0 amide bonds. The molecule has 2 aromatic rings. The van der Waals surface area contributed by atoms with Crippen molar-refractivity contribution in [1.82, 2.24) is 14.8 Å². The van der Waals surface area contributed by atoms with Gasteiger partial charge in [0.05, 0.1) is 6.54 Å².